The molecule has 0 aromatic heterocycles. The Morgan fingerprint density at radius 1 is 1.15 bits per heavy atom. The van der Waals surface area contributed by atoms with Gasteiger partial charge in [-0.25, -0.2) is 5.43 Å². The first-order chi connectivity index (χ1) is 12.6. The summed E-state index contributed by atoms with van der Waals surface area (Å²) in [6.07, 6.45) is 0.989. The summed E-state index contributed by atoms with van der Waals surface area (Å²) in [5, 5.41) is 13.8. The van der Waals surface area contributed by atoms with Crippen LogP contribution >= 0.6 is 0 Å². The van der Waals surface area contributed by atoms with Crippen LogP contribution in [0.4, 0.5) is 5.69 Å². The fraction of sp³-hybridized carbons (Fsp3) is 0.316. The molecule has 1 fully saturated rings. The number of carbonyl (C=O) groups excluding carboxylic acids is 1. The number of hydrogen-bond acceptors (Lipinski definition) is 5. The quantitative estimate of drug-likeness (QED) is 0.546. The zero-order valence-corrected chi connectivity index (χ0v) is 14.6. The minimum Gasteiger partial charge on any atom is -0.352 e. The van der Waals surface area contributed by atoms with Crippen molar-refractivity contribution in [2.75, 3.05) is 6.54 Å². The van der Waals surface area contributed by atoms with Crippen LogP contribution in [0, 0.1) is 16.0 Å². The number of nitrogens with one attached hydrogen (secondary N) is 3. The molecule has 1 amide bonds. The number of carbonyl (C=O) groups is 1. The number of aryl methyl sites for hydroxylation is 1. The Bertz CT molecular complexity index is 774. The lowest BCUT2D eigenvalue weighted by Crippen LogP contribution is -2.34. The van der Waals surface area contributed by atoms with E-state index in [0.29, 0.717) is 13.1 Å². The maximum Gasteiger partial charge on any atom is 0.269 e. The Hall–Kier alpha value is -2.77. The monoisotopic (exact) mass is 354 g/mol. The summed E-state index contributed by atoms with van der Waals surface area (Å²) >= 11 is 0. The predicted octanol–water partition coefficient (Wildman–Crippen LogP) is 2.24. The van der Waals surface area contributed by atoms with Gasteiger partial charge in [-0.3, -0.25) is 20.3 Å². The van der Waals surface area contributed by atoms with E-state index in [1.807, 2.05) is 12.1 Å². The van der Waals surface area contributed by atoms with E-state index in [9.17, 15) is 14.9 Å². The van der Waals surface area contributed by atoms with Gasteiger partial charge < -0.3 is 5.32 Å². The molecule has 2 atom stereocenters. The van der Waals surface area contributed by atoms with Gasteiger partial charge in [0.25, 0.3) is 5.69 Å². The summed E-state index contributed by atoms with van der Waals surface area (Å²) in [4.78, 5) is 22.9. The molecule has 7 heteroatoms. The molecule has 0 bridgehead atoms. The number of benzene rings is 2. The van der Waals surface area contributed by atoms with Gasteiger partial charge >= 0.3 is 0 Å². The van der Waals surface area contributed by atoms with Crippen LogP contribution in [0.2, 0.25) is 0 Å². The van der Waals surface area contributed by atoms with E-state index in [1.165, 1.54) is 17.7 Å². The highest BCUT2D eigenvalue weighted by Crippen LogP contribution is 2.26. The molecule has 7 nitrogen and oxygen atoms in total. The van der Waals surface area contributed by atoms with E-state index in [4.69, 9.17) is 0 Å². The minimum atomic E-state index is -0.432. The molecule has 136 valence electrons. The Kier molecular flexibility index (Phi) is 5.60. The van der Waals surface area contributed by atoms with Crippen LogP contribution in [-0.2, 0) is 17.8 Å². The second-order valence-electron chi connectivity index (χ2n) is 6.35. The van der Waals surface area contributed by atoms with E-state index in [1.54, 1.807) is 12.1 Å². The molecule has 2 unspecified atom stereocenters. The molecule has 1 saturated heterocycles. The first-order valence-electron chi connectivity index (χ1n) is 8.66. The molecule has 2 aromatic rings. The lowest BCUT2D eigenvalue weighted by Gasteiger charge is -2.18. The predicted molar refractivity (Wildman–Crippen MR) is 98.1 cm³/mol. The average molecular weight is 354 g/mol. The highest BCUT2D eigenvalue weighted by atomic mass is 16.6. The highest BCUT2D eigenvalue weighted by molar-refractivity contribution is 5.80. The van der Waals surface area contributed by atoms with E-state index < -0.39 is 4.92 Å². The van der Waals surface area contributed by atoms with Crippen molar-refractivity contribution >= 4 is 11.6 Å². The third kappa shape index (κ3) is 4.07. The van der Waals surface area contributed by atoms with Gasteiger partial charge in [0, 0.05) is 25.2 Å². The van der Waals surface area contributed by atoms with Crippen LogP contribution in [0.3, 0.4) is 0 Å². The number of nitro benzene ring substituents is 1. The molecule has 1 heterocycles. The second-order valence-corrected chi connectivity index (χ2v) is 6.35. The summed E-state index contributed by atoms with van der Waals surface area (Å²) in [7, 11) is 0. The Balaban J connectivity index is 1.63. The van der Waals surface area contributed by atoms with Crippen LogP contribution in [0.15, 0.2) is 48.5 Å². The topological polar surface area (TPSA) is 96.3 Å². The number of nitro groups is 1. The fourth-order valence-electron chi connectivity index (χ4n) is 3.07. The van der Waals surface area contributed by atoms with Gasteiger partial charge in [0.1, 0.15) is 0 Å². The average Bonchev–Trinajstić information content (AvgIpc) is 3.16. The van der Waals surface area contributed by atoms with Gasteiger partial charge in [0.05, 0.1) is 16.9 Å². The first kappa shape index (κ1) is 18.0. The minimum absolute atomic E-state index is 0.0382. The van der Waals surface area contributed by atoms with Crippen molar-refractivity contribution in [3.05, 3.63) is 75.3 Å². The zero-order valence-electron chi connectivity index (χ0n) is 14.6. The number of nitrogens with zero attached hydrogens (tertiary/aromatic N) is 1. The van der Waals surface area contributed by atoms with Crippen molar-refractivity contribution in [2.24, 2.45) is 5.92 Å². The summed E-state index contributed by atoms with van der Waals surface area (Å²) in [6.45, 7) is 3.09. The van der Waals surface area contributed by atoms with Crippen LogP contribution in [0.1, 0.15) is 29.7 Å². The molecule has 0 spiro atoms. The van der Waals surface area contributed by atoms with Crippen molar-refractivity contribution in [3.63, 3.8) is 0 Å². The number of amides is 1. The highest BCUT2D eigenvalue weighted by Gasteiger charge is 2.33. The fourth-order valence-corrected chi connectivity index (χ4v) is 3.07. The van der Waals surface area contributed by atoms with Crippen LogP contribution in [0.25, 0.3) is 0 Å². The zero-order chi connectivity index (χ0) is 18.5. The van der Waals surface area contributed by atoms with Gasteiger partial charge in [-0.05, 0) is 23.1 Å². The first-order valence-corrected chi connectivity index (χ1v) is 8.66. The van der Waals surface area contributed by atoms with Gasteiger partial charge in [-0.1, -0.05) is 43.3 Å². The molecule has 3 rings (SSSR count). The molecule has 0 saturated carbocycles. The maximum absolute atomic E-state index is 12.6. The molecule has 0 radical (unpaired) electrons. The standard InChI is InChI=1S/C19H22N4O3/c1-2-13-3-5-14(6-4-13)11-20-19(24)17-12-21-22-18(17)15-7-9-16(10-8-15)23(25)26/h3-10,17-18,21-22H,2,11-12H2,1H3,(H,20,24). The van der Waals surface area contributed by atoms with Crippen molar-refractivity contribution in [2.45, 2.75) is 25.9 Å². The molecule has 1 aliphatic rings. The van der Waals surface area contributed by atoms with Gasteiger partial charge in [-0.15, -0.1) is 0 Å². The molecular weight excluding hydrogens is 332 g/mol. The van der Waals surface area contributed by atoms with Gasteiger partial charge in [0.15, 0.2) is 0 Å². The van der Waals surface area contributed by atoms with Crippen LogP contribution in [0.5, 0.6) is 0 Å². The third-order valence-electron chi connectivity index (χ3n) is 4.68. The maximum atomic E-state index is 12.6. The van der Waals surface area contributed by atoms with Crippen molar-refractivity contribution < 1.29 is 9.72 Å². The van der Waals surface area contributed by atoms with Crippen molar-refractivity contribution in [3.8, 4) is 0 Å². The van der Waals surface area contributed by atoms with E-state index in [2.05, 4.69) is 35.2 Å². The van der Waals surface area contributed by atoms with Crippen molar-refractivity contribution in [1.29, 1.82) is 0 Å². The normalized spacial score (nSPS) is 19.3. The molecule has 0 aliphatic carbocycles. The molecule has 2 aromatic carbocycles. The van der Waals surface area contributed by atoms with E-state index >= 15 is 0 Å². The number of non-ortho nitro benzene ring substituents is 1. The van der Waals surface area contributed by atoms with Crippen molar-refractivity contribution in [1.82, 2.24) is 16.2 Å². The second kappa shape index (κ2) is 8.07. The third-order valence-corrected chi connectivity index (χ3v) is 4.68. The van der Waals surface area contributed by atoms with Gasteiger partial charge in [0.2, 0.25) is 5.91 Å². The Labute approximate surface area is 151 Å². The lowest BCUT2D eigenvalue weighted by molar-refractivity contribution is -0.384. The summed E-state index contributed by atoms with van der Waals surface area (Å²) in [5.74, 6) is -0.336. The SMILES string of the molecule is CCc1ccc(CNC(=O)C2CNNC2c2ccc([N+](=O)[O-])cc2)cc1. The van der Waals surface area contributed by atoms with E-state index in [0.717, 1.165) is 17.5 Å². The summed E-state index contributed by atoms with van der Waals surface area (Å²) in [6, 6.07) is 14.3. The molecular formula is C19H22N4O3. The number of rotatable bonds is 6. The number of hydrogen-bond donors (Lipinski definition) is 3. The van der Waals surface area contributed by atoms with Crippen LogP contribution < -0.4 is 16.2 Å². The Morgan fingerprint density at radius 2 is 1.81 bits per heavy atom. The lowest BCUT2D eigenvalue weighted by atomic mass is 9.94. The number of hydrazine groups is 1. The van der Waals surface area contributed by atoms with Crippen LogP contribution in [-0.4, -0.2) is 17.4 Å². The molecule has 26 heavy (non-hydrogen) atoms. The molecule has 1 aliphatic heterocycles. The Morgan fingerprint density at radius 3 is 2.42 bits per heavy atom. The summed E-state index contributed by atoms with van der Waals surface area (Å²) in [5.41, 5.74) is 9.29. The van der Waals surface area contributed by atoms with E-state index in [-0.39, 0.29) is 23.6 Å². The smallest absolute Gasteiger partial charge is 0.269 e. The largest absolute Gasteiger partial charge is 0.352 e. The summed E-state index contributed by atoms with van der Waals surface area (Å²) < 4.78 is 0. The molecule has 3 N–H and O–H groups in total. The van der Waals surface area contributed by atoms with Gasteiger partial charge in [-0.2, -0.15) is 0 Å².